The van der Waals surface area contributed by atoms with Gasteiger partial charge in [-0.1, -0.05) is 0 Å². The molecule has 0 amide bonds. The summed E-state index contributed by atoms with van der Waals surface area (Å²) in [6.07, 6.45) is 0.756. The Morgan fingerprint density at radius 1 is 1.27 bits per heavy atom. The highest BCUT2D eigenvalue weighted by Gasteiger charge is 2.15. The highest BCUT2D eigenvalue weighted by molar-refractivity contribution is 7.99. The summed E-state index contributed by atoms with van der Waals surface area (Å²) in [4.78, 5) is 26.5. The Morgan fingerprint density at radius 2 is 2.09 bits per heavy atom. The number of thioether (sulfide) groups is 1. The smallest absolute Gasteiger partial charge is 0.302 e. The fourth-order valence-corrected chi connectivity index (χ4v) is 2.14. The van der Waals surface area contributed by atoms with Crippen LogP contribution in [0.4, 0.5) is 0 Å². The molecule has 1 aliphatic rings. The van der Waals surface area contributed by atoms with Crippen LogP contribution >= 0.6 is 11.8 Å². The van der Waals surface area contributed by atoms with Crippen molar-refractivity contribution < 1.29 is 0 Å². The van der Waals surface area contributed by atoms with E-state index in [0.717, 1.165) is 22.8 Å². The van der Waals surface area contributed by atoms with E-state index in [4.69, 9.17) is 0 Å². The molecular weight excluding hydrogens is 164 g/mol. The Balaban J connectivity index is 2.80. The number of hydrogen-bond acceptors (Lipinski definition) is 3. The van der Waals surface area contributed by atoms with E-state index in [1.165, 1.54) is 11.8 Å². The zero-order chi connectivity index (χ0) is 7.84. The standard InChI is InChI=1S/C6H6N2O2S/c9-4-3-1-2-11-5(3)8-6(10)7-4/h1-2H2,(H2,7,8,9,10). The van der Waals surface area contributed by atoms with E-state index < -0.39 is 5.69 Å². The van der Waals surface area contributed by atoms with Gasteiger partial charge in [0.25, 0.3) is 5.56 Å². The van der Waals surface area contributed by atoms with Crippen LogP contribution in [-0.2, 0) is 6.42 Å². The molecule has 2 rings (SSSR count). The summed E-state index contributed by atoms with van der Waals surface area (Å²) in [6, 6.07) is 0. The molecule has 2 N–H and O–H groups in total. The fraction of sp³-hybridized carbons (Fsp3) is 0.333. The summed E-state index contributed by atoms with van der Waals surface area (Å²) >= 11 is 1.52. The molecule has 0 saturated carbocycles. The average molecular weight is 170 g/mol. The van der Waals surface area contributed by atoms with E-state index in [9.17, 15) is 9.59 Å². The van der Waals surface area contributed by atoms with Crippen molar-refractivity contribution in [1.82, 2.24) is 9.97 Å². The molecule has 0 spiro atoms. The lowest BCUT2D eigenvalue weighted by atomic mass is 10.3. The first-order valence-electron chi connectivity index (χ1n) is 3.25. The summed E-state index contributed by atoms with van der Waals surface area (Å²) in [7, 11) is 0. The highest BCUT2D eigenvalue weighted by atomic mass is 32.2. The monoisotopic (exact) mass is 170 g/mol. The molecule has 0 aromatic carbocycles. The van der Waals surface area contributed by atoms with Crippen molar-refractivity contribution in [3.05, 3.63) is 26.4 Å². The number of fused-ring (bicyclic) bond motifs is 1. The van der Waals surface area contributed by atoms with Crippen LogP contribution in [0.15, 0.2) is 14.6 Å². The minimum absolute atomic E-state index is 0.242. The van der Waals surface area contributed by atoms with E-state index in [2.05, 4.69) is 9.97 Å². The lowest BCUT2D eigenvalue weighted by Gasteiger charge is -1.92. The first-order chi connectivity index (χ1) is 5.27. The van der Waals surface area contributed by atoms with Gasteiger partial charge in [0, 0.05) is 11.3 Å². The lowest BCUT2D eigenvalue weighted by Crippen LogP contribution is -2.24. The third-order valence-corrected chi connectivity index (χ3v) is 2.65. The third-order valence-electron chi connectivity index (χ3n) is 1.60. The summed E-state index contributed by atoms with van der Waals surface area (Å²) in [6.45, 7) is 0. The second-order valence-electron chi connectivity index (χ2n) is 2.31. The molecule has 0 unspecified atom stereocenters. The van der Waals surface area contributed by atoms with Gasteiger partial charge in [0.1, 0.15) is 0 Å². The maximum Gasteiger partial charge on any atom is 0.326 e. The second-order valence-corrected chi connectivity index (χ2v) is 3.42. The molecule has 58 valence electrons. The van der Waals surface area contributed by atoms with Crippen molar-refractivity contribution in [2.24, 2.45) is 0 Å². The van der Waals surface area contributed by atoms with Crippen LogP contribution in [0.2, 0.25) is 0 Å². The van der Waals surface area contributed by atoms with Crippen LogP contribution in [-0.4, -0.2) is 15.7 Å². The molecule has 0 atom stereocenters. The van der Waals surface area contributed by atoms with Gasteiger partial charge in [-0.3, -0.25) is 9.78 Å². The topological polar surface area (TPSA) is 65.7 Å². The molecule has 5 heteroatoms. The molecule has 2 heterocycles. The molecule has 0 saturated heterocycles. The molecule has 0 aliphatic carbocycles. The normalized spacial score (nSPS) is 14.9. The molecule has 1 aromatic rings. The molecule has 11 heavy (non-hydrogen) atoms. The summed E-state index contributed by atoms with van der Waals surface area (Å²) in [5.74, 6) is 0.887. The predicted octanol–water partition coefficient (Wildman–Crippen LogP) is -0.289. The highest BCUT2D eigenvalue weighted by Crippen LogP contribution is 2.24. The molecular formula is C6H6N2O2S. The Bertz CT molecular complexity index is 392. The first-order valence-corrected chi connectivity index (χ1v) is 4.24. The molecule has 0 fully saturated rings. The van der Waals surface area contributed by atoms with Crippen molar-refractivity contribution in [1.29, 1.82) is 0 Å². The van der Waals surface area contributed by atoms with E-state index in [0.29, 0.717) is 0 Å². The minimum Gasteiger partial charge on any atom is -0.302 e. The Labute approximate surface area is 66.0 Å². The van der Waals surface area contributed by atoms with E-state index in [-0.39, 0.29) is 5.56 Å². The number of rotatable bonds is 0. The van der Waals surface area contributed by atoms with Crippen LogP contribution in [0.25, 0.3) is 0 Å². The van der Waals surface area contributed by atoms with Crippen LogP contribution in [0.1, 0.15) is 5.56 Å². The van der Waals surface area contributed by atoms with E-state index in [1.807, 2.05) is 0 Å². The molecule has 1 aromatic heterocycles. The number of aromatic nitrogens is 2. The van der Waals surface area contributed by atoms with Crippen molar-refractivity contribution in [2.75, 3.05) is 5.75 Å². The van der Waals surface area contributed by atoms with Crippen molar-refractivity contribution in [3.8, 4) is 0 Å². The zero-order valence-electron chi connectivity index (χ0n) is 5.64. The Hall–Kier alpha value is -0.970. The van der Waals surface area contributed by atoms with Gasteiger partial charge in [0.05, 0.1) is 5.03 Å². The van der Waals surface area contributed by atoms with Gasteiger partial charge in [-0.2, -0.15) is 0 Å². The van der Waals surface area contributed by atoms with Gasteiger partial charge in [-0.15, -0.1) is 11.8 Å². The maximum absolute atomic E-state index is 11.0. The largest absolute Gasteiger partial charge is 0.326 e. The average Bonchev–Trinajstić information content (AvgIpc) is 2.34. The van der Waals surface area contributed by atoms with Crippen molar-refractivity contribution >= 4 is 11.8 Å². The van der Waals surface area contributed by atoms with Gasteiger partial charge in [0.15, 0.2) is 0 Å². The molecule has 4 nitrogen and oxygen atoms in total. The van der Waals surface area contributed by atoms with Gasteiger partial charge < -0.3 is 4.98 Å². The lowest BCUT2D eigenvalue weighted by molar-refractivity contribution is 0.902. The summed E-state index contributed by atoms with van der Waals surface area (Å²) in [5, 5.41) is 0.735. The predicted molar refractivity (Wildman–Crippen MR) is 42.1 cm³/mol. The zero-order valence-corrected chi connectivity index (χ0v) is 6.46. The minimum atomic E-state index is -0.414. The number of H-pyrrole nitrogens is 2. The van der Waals surface area contributed by atoms with E-state index in [1.54, 1.807) is 0 Å². The van der Waals surface area contributed by atoms with Gasteiger partial charge in [0.2, 0.25) is 0 Å². The molecule has 0 radical (unpaired) electrons. The summed E-state index contributed by atoms with van der Waals surface area (Å²) < 4.78 is 0. The van der Waals surface area contributed by atoms with Crippen molar-refractivity contribution in [2.45, 2.75) is 11.4 Å². The van der Waals surface area contributed by atoms with Gasteiger partial charge in [-0.25, -0.2) is 4.79 Å². The number of hydrogen-bond donors (Lipinski definition) is 2. The maximum atomic E-state index is 11.0. The van der Waals surface area contributed by atoms with Gasteiger partial charge in [-0.05, 0) is 6.42 Å². The third kappa shape index (κ3) is 1.01. The first kappa shape index (κ1) is 6.72. The van der Waals surface area contributed by atoms with Crippen LogP contribution < -0.4 is 11.2 Å². The van der Waals surface area contributed by atoms with E-state index >= 15 is 0 Å². The van der Waals surface area contributed by atoms with Crippen molar-refractivity contribution in [3.63, 3.8) is 0 Å². The summed E-state index contributed by atoms with van der Waals surface area (Å²) in [5.41, 5.74) is 0.0616. The number of aromatic amines is 2. The SMILES string of the molecule is O=c1[nH]c2c(c(=O)[nH]1)CCS2. The van der Waals surface area contributed by atoms with Crippen LogP contribution in [0.3, 0.4) is 0 Å². The quantitative estimate of drug-likeness (QED) is 0.526. The Kier molecular flexibility index (Phi) is 1.38. The van der Waals surface area contributed by atoms with Crippen LogP contribution in [0.5, 0.6) is 0 Å². The molecule has 1 aliphatic heterocycles. The van der Waals surface area contributed by atoms with Gasteiger partial charge >= 0.3 is 5.69 Å². The fourth-order valence-electron chi connectivity index (χ4n) is 1.10. The molecule has 0 bridgehead atoms. The number of nitrogens with one attached hydrogen (secondary N) is 2. The van der Waals surface area contributed by atoms with Crippen LogP contribution in [0, 0.1) is 0 Å². The Morgan fingerprint density at radius 3 is 2.91 bits per heavy atom. The second kappa shape index (κ2) is 2.27.